The minimum atomic E-state index is -0.478. The summed E-state index contributed by atoms with van der Waals surface area (Å²) < 4.78 is 12.7. The minimum absolute atomic E-state index is 0.0694. The van der Waals surface area contributed by atoms with Gasteiger partial charge in [-0.2, -0.15) is 0 Å². The van der Waals surface area contributed by atoms with Gasteiger partial charge in [0, 0.05) is 51.2 Å². The van der Waals surface area contributed by atoms with Crippen molar-refractivity contribution in [1.82, 2.24) is 19.6 Å². The number of hydrogen-bond acceptors (Lipinski definition) is 8. The molecule has 11 nitrogen and oxygen atoms in total. The number of aliphatic hydroxyl groups excluding tert-OH is 1. The molecule has 11 heteroatoms. The molecule has 2 N–H and O–H groups in total. The van der Waals surface area contributed by atoms with Crippen molar-refractivity contribution in [3.63, 3.8) is 0 Å². The van der Waals surface area contributed by atoms with Gasteiger partial charge in [0.2, 0.25) is 11.8 Å². The van der Waals surface area contributed by atoms with Crippen LogP contribution in [0.4, 0.5) is 5.69 Å². The van der Waals surface area contributed by atoms with Crippen LogP contribution < -0.4 is 10.1 Å². The molecule has 0 radical (unpaired) electrons. The molecule has 0 saturated carbocycles. The van der Waals surface area contributed by atoms with E-state index in [0.29, 0.717) is 49.5 Å². The van der Waals surface area contributed by atoms with Gasteiger partial charge >= 0.3 is 0 Å². The SMILES string of the molecule is C[C@@H]1CN([C@H](C)CO)C(=O)c2cc(NC(=O)CCCN(C)C)ccc2O[C@@H](C)CCCCO[C@H]1CN(C)C(=O)CCCN(C)C. The molecule has 1 aliphatic rings. The number of benzene rings is 1. The molecule has 0 saturated heterocycles. The van der Waals surface area contributed by atoms with Crippen LogP contribution in [0.3, 0.4) is 0 Å². The lowest BCUT2D eigenvalue weighted by Gasteiger charge is -2.36. The molecule has 1 aliphatic heterocycles. The molecule has 3 amide bonds. The second-order valence-electron chi connectivity index (χ2n) is 13.1. The smallest absolute Gasteiger partial charge is 0.258 e. The lowest BCUT2D eigenvalue weighted by Crippen LogP contribution is -2.48. The maximum Gasteiger partial charge on any atom is 0.258 e. The molecule has 2 rings (SSSR count). The first kappa shape index (κ1) is 38.5. The van der Waals surface area contributed by atoms with Gasteiger partial charge in [0.05, 0.1) is 30.4 Å². The van der Waals surface area contributed by atoms with Crippen LogP contribution in [-0.4, -0.2) is 135 Å². The molecule has 0 aliphatic carbocycles. The Bertz CT molecular complexity index is 1070. The molecule has 1 aromatic carbocycles. The van der Waals surface area contributed by atoms with Crippen molar-refractivity contribution >= 4 is 23.4 Å². The third-order valence-corrected chi connectivity index (χ3v) is 8.22. The summed E-state index contributed by atoms with van der Waals surface area (Å²) >= 11 is 0. The van der Waals surface area contributed by atoms with Gasteiger partial charge in [-0.25, -0.2) is 0 Å². The Labute approximate surface area is 271 Å². The largest absolute Gasteiger partial charge is 0.490 e. The van der Waals surface area contributed by atoms with E-state index in [1.54, 1.807) is 28.0 Å². The van der Waals surface area contributed by atoms with Gasteiger partial charge in [-0.3, -0.25) is 14.4 Å². The maximum atomic E-state index is 14.3. The highest BCUT2D eigenvalue weighted by Crippen LogP contribution is 2.28. The van der Waals surface area contributed by atoms with Crippen LogP contribution in [0.1, 0.15) is 76.1 Å². The normalized spacial score (nSPS) is 20.7. The first-order valence-electron chi connectivity index (χ1n) is 16.5. The number of nitrogens with one attached hydrogen (secondary N) is 1. The van der Waals surface area contributed by atoms with Crippen molar-refractivity contribution < 1.29 is 29.0 Å². The molecule has 1 heterocycles. The summed E-state index contributed by atoms with van der Waals surface area (Å²) in [6.07, 6.45) is 4.42. The second kappa shape index (κ2) is 19.7. The van der Waals surface area contributed by atoms with E-state index >= 15 is 0 Å². The number of nitrogens with zero attached hydrogens (tertiary/aromatic N) is 4. The van der Waals surface area contributed by atoms with E-state index in [2.05, 4.69) is 10.2 Å². The van der Waals surface area contributed by atoms with Gasteiger partial charge in [-0.1, -0.05) is 6.92 Å². The number of carbonyl (C=O) groups is 3. The minimum Gasteiger partial charge on any atom is -0.490 e. The molecule has 0 fully saturated rings. The molecule has 0 aromatic heterocycles. The Hall–Kier alpha value is -2.73. The summed E-state index contributed by atoms with van der Waals surface area (Å²) in [5.74, 6) is -0.0215. The van der Waals surface area contributed by atoms with Crippen molar-refractivity contribution in [1.29, 1.82) is 0 Å². The van der Waals surface area contributed by atoms with Crippen molar-refractivity contribution in [3.8, 4) is 5.75 Å². The van der Waals surface area contributed by atoms with Crippen LogP contribution >= 0.6 is 0 Å². The number of carbonyl (C=O) groups excluding carboxylic acids is 3. The summed E-state index contributed by atoms with van der Waals surface area (Å²) in [4.78, 5) is 47.3. The maximum absolute atomic E-state index is 14.3. The molecule has 0 bridgehead atoms. The topological polar surface area (TPSA) is 115 Å². The lowest BCUT2D eigenvalue weighted by molar-refractivity contribution is -0.132. The number of fused-ring (bicyclic) bond motifs is 1. The van der Waals surface area contributed by atoms with Crippen LogP contribution in [0.5, 0.6) is 5.75 Å². The fraction of sp³-hybridized carbons (Fsp3) is 0.735. The monoisotopic (exact) mass is 633 g/mol. The fourth-order valence-corrected chi connectivity index (χ4v) is 5.35. The molecule has 45 heavy (non-hydrogen) atoms. The molecule has 256 valence electrons. The van der Waals surface area contributed by atoms with E-state index < -0.39 is 6.04 Å². The predicted octanol–water partition coefficient (Wildman–Crippen LogP) is 3.56. The Kier molecular flexibility index (Phi) is 16.8. The zero-order chi connectivity index (χ0) is 33.5. The average molecular weight is 634 g/mol. The number of likely N-dealkylation sites (N-methyl/N-ethyl adjacent to an activating group) is 1. The molecule has 4 atom stereocenters. The van der Waals surface area contributed by atoms with Gasteiger partial charge < -0.3 is 39.5 Å². The van der Waals surface area contributed by atoms with Gasteiger partial charge in [-0.05, 0) is 105 Å². The summed E-state index contributed by atoms with van der Waals surface area (Å²) in [5, 5.41) is 13.1. The summed E-state index contributed by atoms with van der Waals surface area (Å²) in [6.45, 7) is 8.51. The van der Waals surface area contributed by atoms with Crippen molar-refractivity contribution in [3.05, 3.63) is 23.8 Å². The Balaban J connectivity index is 2.34. The summed E-state index contributed by atoms with van der Waals surface area (Å²) in [6, 6.07) is 4.71. The molecular weight excluding hydrogens is 574 g/mol. The van der Waals surface area contributed by atoms with E-state index in [1.165, 1.54) is 0 Å². The zero-order valence-electron chi connectivity index (χ0n) is 29.0. The zero-order valence-corrected chi connectivity index (χ0v) is 29.0. The lowest BCUT2D eigenvalue weighted by atomic mass is 10.0. The molecule has 0 unspecified atom stereocenters. The summed E-state index contributed by atoms with van der Waals surface area (Å²) in [5.41, 5.74) is 0.859. The quantitative estimate of drug-likeness (QED) is 0.339. The van der Waals surface area contributed by atoms with Gasteiger partial charge in [0.25, 0.3) is 5.91 Å². The van der Waals surface area contributed by atoms with Crippen molar-refractivity contribution in [2.45, 2.75) is 84.0 Å². The van der Waals surface area contributed by atoms with E-state index in [9.17, 15) is 19.5 Å². The summed E-state index contributed by atoms with van der Waals surface area (Å²) in [7, 11) is 9.74. The van der Waals surface area contributed by atoms with E-state index in [4.69, 9.17) is 9.47 Å². The number of aliphatic hydroxyl groups is 1. The Morgan fingerprint density at radius 1 is 1.04 bits per heavy atom. The molecule has 0 spiro atoms. The van der Waals surface area contributed by atoms with Crippen molar-refractivity contribution in [2.75, 3.05) is 79.9 Å². The number of rotatable bonds is 13. The Morgan fingerprint density at radius 2 is 1.71 bits per heavy atom. The van der Waals surface area contributed by atoms with Gasteiger partial charge in [0.1, 0.15) is 5.75 Å². The van der Waals surface area contributed by atoms with E-state index in [0.717, 1.165) is 45.2 Å². The number of ether oxygens (including phenoxy) is 2. The van der Waals surface area contributed by atoms with Gasteiger partial charge in [0.15, 0.2) is 0 Å². The predicted molar refractivity (Wildman–Crippen MR) is 179 cm³/mol. The van der Waals surface area contributed by atoms with E-state index in [-0.39, 0.29) is 42.5 Å². The first-order chi connectivity index (χ1) is 21.3. The van der Waals surface area contributed by atoms with Crippen LogP contribution in [-0.2, 0) is 14.3 Å². The van der Waals surface area contributed by atoms with Gasteiger partial charge in [-0.15, -0.1) is 0 Å². The molecule has 1 aromatic rings. The highest BCUT2D eigenvalue weighted by atomic mass is 16.5. The van der Waals surface area contributed by atoms with Crippen molar-refractivity contribution in [2.24, 2.45) is 5.92 Å². The number of anilines is 1. The van der Waals surface area contributed by atoms with Crippen LogP contribution in [0.2, 0.25) is 0 Å². The standard InChI is InChI=1S/C34H59N5O6/c1-25-22-39(26(2)24-40)34(43)29-21-28(35-32(41)14-11-18-36(4)5)16-17-30(29)45-27(3)13-9-10-20-44-31(25)23-38(8)33(42)15-12-19-37(6)7/h16-17,21,25-27,31,40H,9-15,18-20,22-24H2,1-8H3,(H,35,41)/t25-,26-,27+,31+/m1/s1. The van der Waals surface area contributed by atoms with E-state index in [1.807, 2.05) is 60.9 Å². The van der Waals surface area contributed by atoms with Crippen LogP contribution in [0.15, 0.2) is 18.2 Å². The number of amides is 3. The average Bonchev–Trinajstić information content (AvgIpc) is 2.97. The Morgan fingerprint density at radius 3 is 2.36 bits per heavy atom. The first-order valence-corrected chi connectivity index (χ1v) is 16.5. The van der Waals surface area contributed by atoms with Crippen LogP contribution in [0, 0.1) is 5.92 Å². The highest BCUT2D eigenvalue weighted by molar-refractivity contribution is 5.99. The van der Waals surface area contributed by atoms with Crippen LogP contribution in [0.25, 0.3) is 0 Å². The second-order valence-corrected chi connectivity index (χ2v) is 13.1. The highest BCUT2D eigenvalue weighted by Gasteiger charge is 2.31. The number of hydrogen-bond donors (Lipinski definition) is 2. The third kappa shape index (κ3) is 13.7. The fourth-order valence-electron chi connectivity index (χ4n) is 5.35. The third-order valence-electron chi connectivity index (χ3n) is 8.22. The molecular formula is C34H59N5O6.